The van der Waals surface area contributed by atoms with E-state index in [4.69, 9.17) is 17.3 Å². The van der Waals surface area contributed by atoms with Gasteiger partial charge in [0.25, 0.3) is 0 Å². The van der Waals surface area contributed by atoms with Gasteiger partial charge in [0.15, 0.2) is 5.65 Å². The van der Waals surface area contributed by atoms with E-state index < -0.39 is 9.84 Å². The smallest absolute Gasteiger partial charge is 0.249 e. The lowest BCUT2D eigenvalue weighted by atomic mass is 10.1. The Morgan fingerprint density at radius 3 is 2.33 bits per heavy atom. The van der Waals surface area contributed by atoms with Crippen LogP contribution in [-0.2, 0) is 9.84 Å². The third kappa shape index (κ3) is 3.02. The van der Waals surface area contributed by atoms with Gasteiger partial charge in [0.1, 0.15) is 5.82 Å². The second-order valence-corrected chi connectivity index (χ2v) is 8.26. The second kappa shape index (κ2) is 6.33. The lowest BCUT2D eigenvalue weighted by Gasteiger charge is -2.07. The van der Waals surface area contributed by atoms with Gasteiger partial charge in [-0.15, -0.1) is 5.10 Å². The Balaban J connectivity index is 2.11. The molecule has 0 radical (unpaired) electrons. The molecule has 136 valence electrons. The first-order valence-electron chi connectivity index (χ1n) is 7.93. The van der Waals surface area contributed by atoms with E-state index in [0.29, 0.717) is 27.4 Å². The van der Waals surface area contributed by atoms with Gasteiger partial charge in [-0.25, -0.2) is 18.1 Å². The third-order valence-corrected chi connectivity index (χ3v) is 5.17. The lowest BCUT2D eigenvalue weighted by molar-refractivity contribution is 0.593. The monoisotopic (exact) mass is 399 g/mol. The minimum Gasteiger partial charge on any atom is -0.383 e. The average molecular weight is 400 g/mol. The number of hydrogen-bond acceptors (Lipinski definition) is 6. The lowest BCUT2D eigenvalue weighted by Crippen LogP contribution is -2.05. The number of halogens is 1. The molecule has 9 heteroatoms. The summed E-state index contributed by atoms with van der Waals surface area (Å²) in [4.78, 5) is 8.38. The highest BCUT2D eigenvalue weighted by molar-refractivity contribution is 7.90. The number of benzene rings is 2. The SMILES string of the molecule is CS(=O)(=O)c1nc(-c2ccccc2)c2c(N)n(-c3ccccc3Cl)nc2n1. The van der Waals surface area contributed by atoms with E-state index in [0.717, 1.165) is 6.26 Å². The average Bonchev–Trinajstić information content (AvgIpc) is 2.98. The molecule has 0 atom stereocenters. The van der Waals surface area contributed by atoms with Crippen molar-refractivity contribution in [3.05, 3.63) is 59.6 Å². The van der Waals surface area contributed by atoms with Crippen LogP contribution >= 0.6 is 11.6 Å². The Labute approximate surface area is 160 Å². The van der Waals surface area contributed by atoms with Crippen molar-refractivity contribution in [2.75, 3.05) is 12.0 Å². The maximum Gasteiger partial charge on any atom is 0.249 e. The van der Waals surface area contributed by atoms with Crippen molar-refractivity contribution in [3.63, 3.8) is 0 Å². The van der Waals surface area contributed by atoms with E-state index in [1.807, 2.05) is 30.3 Å². The highest BCUT2D eigenvalue weighted by Gasteiger charge is 2.23. The zero-order valence-electron chi connectivity index (χ0n) is 14.2. The fourth-order valence-electron chi connectivity index (χ4n) is 2.77. The second-order valence-electron chi connectivity index (χ2n) is 5.94. The predicted molar refractivity (Wildman–Crippen MR) is 105 cm³/mol. The zero-order chi connectivity index (χ0) is 19.2. The van der Waals surface area contributed by atoms with Gasteiger partial charge in [-0.3, -0.25) is 0 Å². The summed E-state index contributed by atoms with van der Waals surface area (Å²) >= 11 is 6.27. The Morgan fingerprint density at radius 1 is 1.00 bits per heavy atom. The molecule has 0 bridgehead atoms. The van der Waals surface area contributed by atoms with Crippen LogP contribution in [-0.4, -0.2) is 34.4 Å². The van der Waals surface area contributed by atoms with Crippen LogP contribution in [0.1, 0.15) is 0 Å². The summed E-state index contributed by atoms with van der Waals surface area (Å²) in [6.45, 7) is 0. The quantitative estimate of drug-likeness (QED) is 0.531. The molecule has 0 unspecified atom stereocenters. The fraction of sp³-hybridized carbons (Fsp3) is 0.0556. The van der Waals surface area contributed by atoms with Gasteiger partial charge in [-0.05, 0) is 12.1 Å². The normalized spacial score (nSPS) is 11.8. The van der Waals surface area contributed by atoms with E-state index in [9.17, 15) is 8.42 Å². The van der Waals surface area contributed by atoms with Crippen molar-refractivity contribution in [2.45, 2.75) is 5.16 Å². The van der Waals surface area contributed by atoms with E-state index in [1.165, 1.54) is 4.68 Å². The molecule has 2 N–H and O–H groups in total. The van der Waals surface area contributed by atoms with Crippen LogP contribution in [0.2, 0.25) is 5.02 Å². The number of nitrogens with zero attached hydrogens (tertiary/aromatic N) is 4. The minimum atomic E-state index is -3.64. The van der Waals surface area contributed by atoms with Gasteiger partial charge in [-0.1, -0.05) is 54.1 Å². The summed E-state index contributed by atoms with van der Waals surface area (Å²) in [7, 11) is -3.64. The molecule has 2 heterocycles. The van der Waals surface area contributed by atoms with Crippen molar-refractivity contribution in [1.82, 2.24) is 19.7 Å². The zero-order valence-corrected chi connectivity index (χ0v) is 15.7. The highest BCUT2D eigenvalue weighted by Crippen LogP contribution is 2.33. The van der Waals surface area contributed by atoms with Gasteiger partial charge in [-0.2, -0.15) is 4.98 Å². The van der Waals surface area contributed by atoms with Crippen LogP contribution in [0.15, 0.2) is 59.8 Å². The summed E-state index contributed by atoms with van der Waals surface area (Å²) in [5.41, 5.74) is 8.20. The molecule has 0 aliphatic carbocycles. The number of sulfone groups is 1. The maximum atomic E-state index is 12.1. The summed E-state index contributed by atoms with van der Waals surface area (Å²) in [6, 6.07) is 16.2. The third-order valence-electron chi connectivity index (χ3n) is 4.01. The molecule has 0 saturated carbocycles. The summed E-state index contributed by atoms with van der Waals surface area (Å²) in [6.07, 6.45) is 1.05. The van der Waals surface area contributed by atoms with Crippen LogP contribution in [0, 0.1) is 0 Å². The van der Waals surface area contributed by atoms with Crippen molar-refractivity contribution < 1.29 is 8.42 Å². The van der Waals surface area contributed by atoms with Crippen molar-refractivity contribution in [1.29, 1.82) is 0 Å². The molecule has 27 heavy (non-hydrogen) atoms. The number of rotatable bonds is 3. The highest BCUT2D eigenvalue weighted by atomic mass is 35.5. The van der Waals surface area contributed by atoms with Crippen LogP contribution < -0.4 is 5.73 Å². The van der Waals surface area contributed by atoms with E-state index in [-0.39, 0.29) is 16.6 Å². The molecule has 2 aromatic heterocycles. The van der Waals surface area contributed by atoms with Crippen LogP contribution in [0.25, 0.3) is 28.0 Å². The number of para-hydroxylation sites is 1. The number of nitrogen functional groups attached to an aromatic ring is 1. The molecular formula is C18H14ClN5O2S. The molecular weight excluding hydrogens is 386 g/mol. The first kappa shape index (κ1) is 17.4. The summed E-state index contributed by atoms with van der Waals surface area (Å²) in [5, 5.41) is 5.01. The van der Waals surface area contributed by atoms with Gasteiger partial charge in [0, 0.05) is 11.8 Å². The molecule has 0 spiro atoms. The molecule has 0 fully saturated rings. The van der Waals surface area contributed by atoms with Crippen LogP contribution in [0.3, 0.4) is 0 Å². The van der Waals surface area contributed by atoms with E-state index >= 15 is 0 Å². The predicted octanol–water partition coefficient (Wildman–Crippen LogP) is 3.12. The minimum absolute atomic E-state index is 0.182. The fourth-order valence-corrected chi connectivity index (χ4v) is 3.49. The summed E-state index contributed by atoms with van der Waals surface area (Å²) in [5.74, 6) is 0.275. The van der Waals surface area contributed by atoms with Crippen molar-refractivity contribution in [3.8, 4) is 16.9 Å². The summed E-state index contributed by atoms with van der Waals surface area (Å²) < 4.78 is 25.6. The number of hydrogen-bond donors (Lipinski definition) is 1. The largest absolute Gasteiger partial charge is 0.383 e. The van der Waals surface area contributed by atoms with Gasteiger partial charge in [0.2, 0.25) is 15.0 Å². The molecule has 0 aliphatic rings. The van der Waals surface area contributed by atoms with Crippen LogP contribution in [0.5, 0.6) is 0 Å². The molecule has 4 rings (SSSR count). The molecule has 0 amide bonds. The Kier molecular flexibility index (Phi) is 4.09. The number of aromatic nitrogens is 4. The van der Waals surface area contributed by atoms with Crippen molar-refractivity contribution in [2.24, 2.45) is 0 Å². The Bertz CT molecular complexity index is 1270. The van der Waals surface area contributed by atoms with E-state index in [1.54, 1.807) is 24.3 Å². The van der Waals surface area contributed by atoms with Crippen molar-refractivity contribution >= 4 is 38.3 Å². The van der Waals surface area contributed by atoms with E-state index in [2.05, 4.69) is 15.1 Å². The first-order valence-corrected chi connectivity index (χ1v) is 10.2. The number of fused-ring (bicyclic) bond motifs is 1. The van der Waals surface area contributed by atoms with Gasteiger partial charge in [0.05, 0.1) is 21.8 Å². The number of nitrogens with two attached hydrogens (primary N) is 1. The van der Waals surface area contributed by atoms with Gasteiger partial charge >= 0.3 is 0 Å². The Morgan fingerprint density at radius 2 is 1.67 bits per heavy atom. The number of anilines is 1. The Hall–Kier alpha value is -2.97. The molecule has 0 saturated heterocycles. The molecule has 4 aromatic rings. The molecule has 7 nitrogen and oxygen atoms in total. The standard InChI is InChI=1S/C18H14ClN5O2S/c1-27(25,26)18-21-15(11-7-3-2-4-8-11)14-16(20)24(23-17(14)22-18)13-10-6-5-9-12(13)19/h2-10H,20H2,1H3. The molecule has 2 aromatic carbocycles. The molecule has 0 aliphatic heterocycles. The van der Waals surface area contributed by atoms with Crippen LogP contribution in [0.4, 0.5) is 5.82 Å². The maximum absolute atomic E-state index is 12.1. The first-order chi connectivity index (χ1) is 12.9. The van der Waals surface area contributed by atoms with Gasteiger partial charge < -0.3 is 5.73 Å². The topological polar surface area (TPSA) is 104 Å².